The van der Waals surface area contributed by atoms with E-state index in [1.165, 1.54) is 0 Å². The van der Waals surface area contributed by atoms with E-state index in [1.54, 1.807) is 37.9 Å². The van der Waals surface area contributed by atoms with Gasteiger partial charge >= 0.3 is 0 Å². The fourth-order valence-electron chi connectivity index (χ4n) is 0.703. The zero-order chi connectivity index (χ0) is 7.61. The van der Waals surface area contributed by atoms with Gasteiger partial charge in [-0.2, -0.15) is 0 Å². The lowest BCUT2D eigenvalue weighted by Gasteiger charge is -2.03. The number of rotatable bonds is 1. The minimum atomic E-state index is -2.06. The van der Waals surface area contributed by atoms with E-state index in [0.29, 0.717) is 0 Å². The fraction of sp³-hybridized carbons (Fsp3) is 0.286. The number of nitrogens with zero attached hydrogens (tertiary/aromatic N) is 1. The molecule has 0 fully saturated rings. The summed E-state index contributed by atoms with van der Waals surface area (Å²) in [6.07, 6.45) is 3.32. The highest BCUT2D eigenvalue weighted by Crippen LogP contribution is 2.33. The van der Waals surface area contributed by atoms with Crippen LogP contribution in [0.4, 0.5) is 0 Å². The molecule has 0 aliphatic rings. The smallest absolute Gasteiger partial charge is 0.109 e. The van der Waals surface area contributed by atoms with Crippen molar-refractivity contribution in [3.05, 3.63) is 24.5 Å². The second-order valence-electron chi connectivity index (χ2n) is 2.56. The molecule has 1 aromatic heterocycles. The van der Waals surface area contributed by atoms with Gasteiger partial charge in [0.25, 0.3) is 0 Å². The maximum Gasteiger partial charge on any atom is 0.109 e. The summed E-state index contributed by atoms with van der Waals surface area (Å²) in [5.41, 5.74) is 0. The van der Waals surface area contributed by atoms with Crippen molar-refractivity contribution in [2.45, 2.75) is 0 Å². The summed E-state index contributed by atoms with van der Waals surface area (Å²) in [7, 11) is -2.06. The highest BCUT2D eigenvalue weighted by molar-refractivity contribution is 7.70. The maximum absolute atomic E-state index is 11.4. The van der Waals surface area contributed by atoms with Gasteiger partial charge in [-0.1, -0.05) is 0 Å². The van der Waals surface area contributed by atoms with Crippen LogP contribution in [0.2, 0.25) is 0 Å². The highest BCUT2D eigenvalue weighted by atomic mass is 31.2. The first-order valence-corrected chi connectivity index (χ1v) is 5.66. The average Bonchev–Trinajstić information content (AvgIpc) is 1.88. The monoisotopic (exact) mass is 155 g/mol. The predicted molar refractivity (Wildman–Crippen MR) is 43.3 cm³/mol. The zero-order valence-corrected chi connectivity index (χ0v) is 7.01. The third-order valence-corrected chi connectivity index (χ3v) is 2.83. The molecule has 0 aliphatic heterocycles. The highest BCUT2D eigenvalue weighted by Gasteiger charge is 2.08. The third kappa shape index (κ3) is 1.68. The van der Waals surface area contributed by atoms with Crippen molar-refractivity contribution in [2.24, 2.45) is 0 Å². The van der Waals surface area contributed by atoms with Gasteiger partial charge in [0.15, 0.2) is 0 Å². The van der Waals surface area contributed by atoms with Gasteiger partial charge in [-0.25, -0.2) is 0 Å². The van der Waals surface area contributed by atoms with E-state index in [9.17, 15) is 4.57 Å². The Balaban J connectivity index is 3.09. The molecule has 0 unspecified atom stereocenters. The first-order chi connectivity index (χ1) is 4.61. The largest absolute Gasteiger partial charge is 0.319 e. The molecule has 0 aliphatic carbocycles. The summed E-state index contributed by atoms with van der Waals surface area (Å²) < 4.78 is 11.4. The van der Waals surface area contributed by atoms with Crippen LogP contribution in [-0.2, 0) is 4.57 Å². The summed E-state index contributed by atoms with van der Waals surface area (Å²) in [6.45, 7) is 3.50. The van der Waals surface area contributed by atoms with Crippen LogP contribution in [-0.4, -0.2) is 18.3 Å². The van der Waals surface area contributed by atoms with Gasteiger partial charge in [0.05, 0.1) is 0 Å². The normalized spacial score (nSPS) is 11.4. The molecule has 0 aromatic carbocycles. The third-order valence-electron chi connectivity index (χ3n) is 1.28. The van der Waals surface area contributed by atoms with E-state index in [0.717, 1.165) is 5.30 Å². The average molecular weight is 155 g/mol. The lowest BCUT2D eigenvalue weighted by atomic mass is 10.5. The Hall–Kier alpha value is -0.620. The summed E-state index contributed by atoms with van der Waals surface area (Å²) in [6, 6.07) is 3.58. The Morgan fingerprint density at radius 2 is 1.80 bits per heavy atom. The Morgan fingerprint density at radius 3 is 2.10 bits per heavy atom. The Kier molecular flexibility index (Phi) is 1.91. The lowest BCUT2D eigenvalue weighted by Crippen LogP contribution is -2.01. The van der Waals surface area contributed by atoms with E-state index in [2.05, 4.69) is 4.98 Å². The van der Waals surface area contributed by atoms with Gasteiger partial charge in [-0.15, -0.1) is 0 Å². The van der Waals surface area contributed by atoms with Crippen LogP contribution in [0.5, 0.6) is 0 Å². The van der Waals surface area contributed by atoms with E-state index in [-0.39, 0.29) is 0 Å². The number of pyridine rings is 1. The van der Waals surface area contributed by atoms with Crippen molar-refractivity contribution in [2.75, 3.05) is 13.3 Å². The van der Waals surface area contributed by atoms with Crippen LogP contribution < -0.4 is 5.30 Å². The quantitative estimate of drug-likeness (QED) is 0.572. The molecular formula is C7H10NOP. The zero-order valence-electron chi connectivity index (χ0n) is 6.11. The molecule has 0 saturated heterocycles. The second kappa shape index (κ2) is 2.55. The number of hydrogen-bond acceptors (Lipinski definition) is 2. The van der Waals surface area contributed by atoms with Gasteiger partial charge in [0.1, 0.15) is 7.14 Å². The molecule has 0 amide bonds. The van der Waals surface area contributed by atoms with Gasteiger partial charge in [-0.3, -0.25) is 4.98 Å². The first kappa shape index (κ1) is 7.49. The van der Waals surface area contributed by atoms with Gasteiger partial charge < -0.3 is 4.57 Å². The minimum Gasteiger partial charge on any atom is -0.319 e. The molecule has 1 aromatic rings. The SMILES string of the molecule is CP(C)(=O)c1ccncc1. The molecule has 1 rings (SSSR count). The molecule has 1 heterocycles. The summed E-state index contributed by atoms with van der Waals surface area (Å²) >= 11 is 0. The summed E-state index contributed by atoms with van der Waals surface area (Å²) in [5, 5.41) is 0.891. The standard InChI is InChI=1S/C7H10NOP/c1-10(2,9)7-3-5-8-6-4-7/h3-6H,1-2H3. The Morgan fingerprint density at radius 1 is 1.30 bits per heavy atom. The molecule has 0 bridgehead atoms. The van der Waals surface area contributed by atoms with Crippen molar-refractivity contribution in [3.63, 3.8) is 0 Å². The molecule has 0 saturated carbocycles. The molecule has 2 nitrogen and oxygen atoms in total. The maximum atomic E-state index is 11.4. The van der Waals surface area contributed by atoms with Crippen molar-refractivity contribution >= 4 is 12.4 Å². The number of aromatic nitrogens is 1. The Bertz CT molecular complexity index is 252. The molecule has 0 spiro atoms. The van der Waals surface area contributed by atoms with Crippen LogP contribution in [0.1, 0.15) is 0 Å². The summed E-state index contributed by atoms with van der Waals surface area (Å²) in [5.74, 6) is 0. The van der Waals surface area contributed by atoms with Crippen molar-refractivity contribution < 1.29 is 4.57 Å². The van der Waals surface area contributed by atoms with E-state index in [1.807, 2.05) is 0 Å². The van der Waals surface area contributed by atoms with Gasteiger partial charge in [-0.05, 0) is 25.5 Å². The van der Waals surface area contributed by atoms with Crippen molar-refractivity contribution in [1.29, 1.82) is 0 Å². The number of hydrogen-bond donors (Lipinski definition) is 0. The van der Waals surface area contributed by atoms with E-state index in [4.69, 9.17) is 0 Å². The van der Waals surface area contributed by atoms with E-state index < -0.39 is 7.14 Å². The molecule has 10 heavy (non-hydrogen) atoms. The van der Waals surface area contributed by atoms with Crippen LogP contribution in [0.15, 0.2) is 24.5 Å². The summed E-state index contributed by atoms with van der Waals surface area (Å²) in [4.78, 5) is 3.84. The van der Waals surface area contributed by atoms with Crippen LogP contribution in [0, 0.1) is 0 Å². The van der Waals surface area contributed by atoms with Crippen LogP contribution >= 0.6 is 7.14 Å². The minimum absolute atomic E-state index is 0.891. The van der Waals surface area contributed by atoms with Gasteiger partial charge in [0.2, 0.25) is 0 Å². The van der Waals surface area contributed by atoms with Crippen LogP contribution in [0.25, 0.3) is 0 Å². The fourth-order valence-corrected chi connectivity index (χ4v) is 1.55. The first-order valence-electron chi connectivity index (χ1n) is 3.06. The van der Waals surface area contributed by atoms with E-state index >= 15 is 0 Å². The predicted octanol–water partition coefficient (Wildman–Crippen LogP) is 1.33. The van der Waals surface area contributed by atoms with Gasteiger partial charge in [0, 0.05) is 17.7 Å². The molecule has 3 heteroatoms. The molecular weight excluding hydrogens is 145 g/mol. The molecule has 0 radical (unpaired) electrons. The molecule has 54 valence electrons. The lowest BCUT2D eigenvalue weighted by molar-refractivity contribution is 0.588. The molecule has 0 N–H and O–H groups in total. The Labute approximate surface area is 60.7 Å². The van der Waals surface area contributed by atoms with Crippen molar-refractivity contribution in [1.82, 2.24) is 4.98 Å². The topological polar surface area (TPSA) is 30.0 Å². The van der Waals surface area contributed by atoms with Crippen LogP contribution in [0.3, 0.4) is 0 Å². The second-order valence-corrected chi connectivity index (χ2v) is 5.77. The molecule has 0 atom stereocenters. The van der Waals surface area contributed by atoms with Crippen molar-refractivity contribution in [3.8, 4) is 0 Å².